The fraction of sp³-hybridized carbons (Fsp3) is 0.0588. The van der Waals surface area contributed by atoms with Crippen LogP contribution in [0.25, 0.3) is 11.3 Å². The smallest absolute Gasteiger partial charge is 0.270 e. The minimum atomic E-state index is -0.529. The SMILES string of the molecule is Cc1ccc(-c2csc(N/N=C\c3cc([N+](=O)[O-])ccc3O)n2)cc1. The fourth-order valence-corrected chi connectivity index (χ4v) is 2.77. The molecule has 7 nitrogen and oxygen atoms in total. The average Bonchev–Trinajstić information content (AvgIpc) is 3.06. The number of phenols is 1. The molecule has 0 fully saturated rings. The molecule has 2 aromatic carbocycles. The van der Waals surface area contributed by atoms with Crippen molar-refractivity contribution in [1.82, 2.24) is 4.98 Å². The Bertz CT molecular complexity index is 935. The van der Waals surface area contributed by atoms with Crippen molar-refractivity contribution in [3.05, 3.63) is 69.1 Å². The number of nitro benzene ring substituents is 1. The number of non-ortho nitro benzene ring substituents is 1. The number of rotatable bonds is 5. The number of hydrogen-bond acceptors (Lipinski definition) is 7. The van der Waals surface area contributed by atoms with Gasteiger partial charge in [0.2, 0.25) is 5.13 Å². The monoisotopic (exact) mass is 354 g/mol. The van der Waals surface area contributed by atoms with E-state index in [1.165, 1.54) is 41.3 Å². The van der Waals surface area contributed by atoms with Gasteiger partial charge in [-0.15, -0.1) is 11.3 Å². The van der Waals surface area contributed by atoms with Gasteiger partial charge in [-0.2, -0.15) is 5.10 Å². The van der Waals surface area contributed by atoms with Crippen molar-refractivity contribution in [3.8, 4) is 17.0 Å². The number of nitro groups is 1. The van der Waals surface area contributed by atoms with E-state index in [1.807, 2.05) is 36.6 Å². The Labute approximate surface area is 147 Å². The lowest BCUT2D eigenvalue weighted by atomic mass is 10.1. The van der Waals surface area contributed by atoms with Crippen molar-refractivity contribution < 1.29 is 10.0 Å². The second-order valence-electron chi connectivity index (χ2n) is 5.27. The first-order valence-corrected chi connectivity index (χ1v) is 8.20. The zero-order valence-corrected chi connectivity index (χ0v) is 14.0. The number of nitrogens with zero attached hydrogens (tertiary/aromatic N) is 3. The number of benzene rings is 2. The van der Waals surface area contributed by atoms with Crippen molar-refractivity contribution >= 4 is 28.4 Å². The molecule has 0 bridgehead atoms. The minimum absolute atomic E-state index is 0.0874. The predicted molar refractivity (Wildman–Crippen MR) is 98.3 cm³/mol. The van der Waals surface area contributed by atoms with Gasteiger partial charge in [0.15, 0.2) is 0 Å². The molecule has 3 aromatic rings. The summed E-state index contributed by atoms with van der Waals surface area (Å²) >= 11 is 1.39. The predicted octanol–water partition coefficient (Wildman–Crippen LogP) is 4.18. The Kier molecular flexibility index (Phi) is 4.71. The topological polar surface area (TPSA) is 101 Å². The largest absolute Gasteiger partial charge is 0.507 e. The zero-order valence-electron chi connectivity index (χ0n) is 13.2. The number of nitrogens with one attached hydrogen (secondary N) is 1. The van der Waals surface area contributed by atoms with Crippen LogP contribution in [-0.4, -0.2) is 21.2 Å². The number of aromatic hydroxyl groups is 1. The summed E-state index contributed by atoms with van der Waals surface area (Å²) in [6.45, 7) is 2.02. The third kappa shape index (κ3) is 3.99. The molecule has 25 heavy (non-hydrogen) atoms. The number of anilines is 1. The standard InChI is InChI=1S/C17H14N4O3S/c1-11-2-4-12(5-3-11)15-10-25-17(19-15)20-18-9-13-8-14(21(23)24)6-7-16(13)22/h2-10,22H,1H3,(H,19,20)/b18-9-. The average molecular weight is 354 g/mol. The molecule has 126 valence electrons. The van der Waals surface area contributed by atoms with E-state index in [4.69, 9.17) is 0 Å². The highest BCUT2D eigenvalue weighted by Crippen LogP contribution is 2.25. The maximum absolute atomic E-state index is 10.8. The number of aromatic nitrogens is 1. The van der Waals surface area contributed by atoms with Crippen molar-refractivity contribution in [2.75, 3.05) is 5.43 Å². The Morgan fingerprint density at radius 3 is 2.76 bits per heavy atom. The number of hydrogen-bond donors (Lipinski definition) is 2. The number of hydrazone groups is 1. The van der Waals surface area contributed by atoms with Gasteiger partial charge in [0.25, 0.3) is 5.69 Å². The highest BCUT2D eigenvalue weighted by molar-refractivity contribution is 7.14. The van der Waals surface area contributed by atoms with Crippen LogP contribution in [0.2, 0.25) is 0 Å². The van der Waals surface area contributed by atoms with Crippen molar-refractivity contribution in [2.24, 2.45) is 5.10 Å². The minimum Gasteiger partial charge on any atom is -0.507 e. The quantitative estimate of drug-likeness (QED) is 0.407. The molecule has 0 amide bonds. The molecule has 0 spiro atoms. The van der Waals surface area contributed by atoms with Crippen molar-refractivity contribution in [1.29, 1.82) is 0 Å². The third-order valence-electron chi connectivity index (χ3n) is 3.44. The molecule has 8 heteroatoms. The lowest BCUT2D eigenvalue weighted by molar-refractivity contribution is -0.384. The number of thiazole rings is 1. The molecule has 3 rings (SSSR count). The van der Waals surface area contributed by atoms with Gasteiger partial charge in [-0.25, -0.2) is 4.98 Å². The van der Waals surface area contributed by atoms with E-state index in [2.05, 4.69) is 15.5 Å². The summed E-state index contributed by atoms with van der Waals surface area (Å²) in [5.74, 6) is -0.0874. The summed E-state index contributed by atoms with van der Waals surface area (Å²) in [6, 6.07) is 11.8. The number of aryl methyl sites for hydroxylation is 1. The second kappa shape index (κ2) is 7.10. The molecule has 0 unspecified atom stereocenters. The van der Waals surface area contributed by atoms with E-state index in [1.54, 1.807) is 0 Å². The van der Waals surface area contributed by atoms with Gasteiger partial charge in [-0.3, -0.25) is 15.5 Å². The van der Waals surface area contributed by atoms with Gasteiger partial charge in [0.1, 0.15) is 5.75 Å². The summed E-state index contributed by atoms with van der Waals surface area (Å²) in [6.07, 6.45) is 1.31. The lowest BCUT2D eigenvalue weighted by Crippen LogP contribution is -1.93. The van der Waals surface area contributed by atoms with Gasteiger partial charge in [-0.05, 0) is 13.0 Å². The Hall–Kier alpha value is -3.26. The summed E-state index contributed by atoms with van der Waals surface area (Å²) in [5, 5.41) is 27.0. The first-order chi connectivity index (χ1) is 12.0. The summed E-state index contributed by atoms with van der Waals surface area (Å²) in [7, 11) is 0. The lowest BCUT2D eigenvalue weighted by Gasteiger charge is -1.99. The summed E-state index contributed by atoms with van der Waals surface area (Å²) in [5.41, 5.74) is 5.92. The molecule has 0 aliphatic carbocycles. The molecular weight excluding hydrogens is 340 g/mol. The van der Waals surface area contributed by atoms with Crippen LogP contribution in [0.4, 0.5) is 10.8 Å². The fourth-order valence-electron chi connectivity index (χ4n) is 2.10. The zero-order chi connectivity index (χ0) is 17.8. The van der Waals surface area contributed by atoms with Crippen molar-refractivity contribution in [3.63, 3.8) is 0 Å². The molecule has 0 atom stereocenters. The Morgan fingerprint density at radius 2 is 2.04 bits per heavy atom. The molecule has 1 heterocycles. The molecule has 0 aliphatic rings. The Morgan fingerprint density at radius 1 is 1.28 bits per heavy atom. The first kappa shape index (κ1) is 16.6. The van der Waals surface area contributed by atoms with Crippen LogP contribution in [0.15, 0.2) is 52.9 Å². The van der Waals surface area contributed by atoms with Gasteiger partial charge in [-0.1, -0.05) is 29.8 Å². The van der Waals surface area contributed by atoms with E-state index < -0.39 is 4.92 Å². The van der Waals surface area contributed by atoms with E-state index in [0.717, 1.165) is 11.3 Å². The Balaban J connectivity index is 1.72. The molecule has 0 saturated heterocycles. The van der Waals surface area contributed by atoms with Crippen LogP contribution in [0.5, 0.6) is 5.75 Å². The van der Waals surface area contributed by atoms with Gasteiger partial charge < -0.3 is 5.11 Å². The highest BCUT2D eigenvalue weighted by Gasteiger charge is 2.09. The second-order valence-corrected chi connectivity index (χ2v) is 6.13. The number of phenolic OH excluding ortho intramolecular Hbond substituents is 1. The van der Waals surface area contributed by atoms with Gasteiger partial charge >= 0.3 is 0 Å². The molecule has 1 aromatic heterocycles. The van der Waals surface area contributed by atoms with Gasteiger partial charge in [0, 0.05) is 28.6 Å². The van der Waals surface area contributed by atoms with Gasteiger partial charge in [0.05, 0.1) is 16.8 Å². The molecular formula is C17H14N4O3S. The molecule has 0 saturated carbocycles. The van der Waals surface area contributed by atoms with Crippen LogP contribution in [0.1, 0.15) is 11.1 Å². The van der Waals surface area contributed by atoms with E-state index >= 15 is 0 Å². The highest BCUT2D eigenvalue weighted by atomic mass is 32.1. The van der Waals surface area contributed by atoms with E-state index in [0.29, 0.717) is 5.13 Å². The van der Waals surface area contributed by atoms with Crippen LogP contribution in [0.3, 0.4) is 0 Å². The summed E-state index contributed by atoms with van der Waals surface area (Å²) in [4.78, 5) is 14.7. The summed E-state index contributed by atoms with van der Waals surface area (Å²) < 4.78 is 0. The van der Waals surface area contributed by atoms with Crippen LogP contribution < -0.4 is 5.43 Å². The van der Waals surface area contributed by atoms with E-state index in [-0.39, 0.29) is 17.0 Å². The molecule has 0 radical (unpaired) electrons. The molecule has 0 aliphatic heterocycles. The van der Waals surface area contributed by atoms with Crippen LogP contribution >= 0.6 is 11.3 Å². The molecule has 2 N–H and O–H groups in total. The third-order valence-corrected chi connectivity index (χ3v) is 4.18. The van der Waals surface area contributed by atoms with Crippen LogP contribution in [-0.2, 0) is 0 Å². The van der Waals surface area contributed by atoms with Crippen LogP contribution in [0, 0.1) is 17.0 Å². The van der Waals surface area contributed by atoms with Crippen molar-refractivity contribution in [2.45, 2.75) is 6.92 Å². The maximum Gasteiger partial charge on any atom is 0.270 e. The van der Waals surface area contributed by atoms with E-state index in [9.17, 15) is 15.2 Å². The first-order valence-electron chi connectivity index (χ1n) is 7.32. The normalized spacial score (nSPS) is 10.9. The maximum atomic E-state index is 10.8.